The van der Waals surface area contributed by atoms with E-state index in [4.69, 9.17) is 4.74 Å². The Kier molecular flexibility index (Phi) is 4.98. The van der Waals surface area contributed by atoms with Crippen molar-refractivity contribution in [3.63, 3.8) is 0 Å². The number of carbonyl (C=O) groups excluding carboxylic acids is 1. The van der Waals surface area contributed by atoms with Gasteiger partial charge in [-0.3, -0.25) is 9.48 Å². The molecular formula is C15H19BrN6O2. The lowest BCUT2D eigenvalue weighted by Gasteiger charge is -2.32. The van der Waals surface area contributed by atoms with Crippen LogP contribution in [0.15, 0.2) is 23.1 Å². The predicted octanol–water partition coefficient (Wildman–Crippen LogP) is 1.38. The summed E-state index contributed by atoms with van der Waals surface area (Å²) in [5.74, 6) is 1.09. The van der Waals surface area contributed by atoms with Crippen molar-refractivity contribution in [3.05, 3.63) is 28.6 Å². The third kappa shape index (κ3) is 3.66. The molecule has 9 heteroatoms. The lowest BCUT2D eigenvalue weighted by molar-refractivity contribution is 0.0931. The summed E-state index contributed by atoms with van der Waals surface area (Å²) in [5.41, 5.74) is 0.584. The van der Waals surface area contributed by atoms with Crippen molar-refractivity contribution in [2.75, 3.05) is 25.1 Å². The van der Waals surface area contributed by atoms with Crippen LogP contribution in [-0.2, 0) is 7.05 Å². The van der Waals surface area contributed by atoms with Gasteiger partial charge in [0.25, 0.3) is 5.91 Å². The smallest absolute Gasteiger partial charge is 0.254 e. The van der Waals surface area contributed by atoms with Crippen molar-refractivity contribution in [2.24, 2.45) is 7.05 Å². The first-order valence-electron chi connectivity index (χ1n) is 7.68. The number of hydrogen-bond acceptors (Lipinski definition) is 6. The van der Waals surface area contributed by atoms with Gasteiger partial charge in [0.15, 0.2) is 0 Å². The Labute approximate surface area is 148 Å². The fourth-order valence-corrected chi connectivity index (χ4v) is 3.02. The molecule has 1 amide bonds. The number of methoxy groups -OCH3 is 1. The number of piperidine rings is 1. The summed E-state index contributed by atoms with van der Waals surface area (Å²) in [6.07, 6.45) is 6.66. The normalized spacial score (nSPS) is 15.4. The molecule has 1 fully saturated rings. The summed E-state index contributed by atoms with van der Waals surface area (Å²) in [6, 6.07) is 0.145. The molecule has 0 unspecified atom stereocenters. The molecule has 0 radical (unpaired) electrons. The monoisotopic (exact) mass is 394 g/mol. The lowest BCUT2D eigenvalue weighted by atomic mass is 10.1. The van der Waals surface area contributed by atoms with Gasteiger partial charge in [-0.1, -0.05) is 0 Å². The van der Waals surface area contributed by atoms with Gasteiger partial charge in [0.05, 0.1) is 29.5 Å². The molecule has 0 atom stereocenters. The third-order valence-electron chi connectivity index (χ3n) is 3.97. The molecule has 3 heterocycles. The zero-order valence-electron chi connectivity index (χ0n) is 13.6. The number of carbonyl (C=O) groups is 1. The van der Waals surface area contributed by atoms with Crippen LogP contribution in [0.3, 0.4) is 0 Å². The minimum absolute atomic E-state index is 0.0805. The second-order valence-electron chi connectivity index (χ2n) is 5.66. The van der Waals surface area contributed by atoms with Gasteiger partial charge >= 0.3 is 0 Å². The van der Waals surface area contributed by atoms with E-state index in [1.54, 1.807) is 37.4 Å². The molecule has 1 aliphatic heterocycles. The third-order valence-corrected chi connectivity index (χ3v) is 4.52. The van der Waals surface area contributed by atoms with Crippen LogP contribution in [0.25, 0.3) is 0 Å². The molecule has 128 valence electrons. The number of ether oxygens (including phenoxy) is 1. The average Bonchev–Trinajstić information content (AvgIpc) is 3.03. The quantitative estimate of drug-likeness (QED) is 0.842. The summed E-state index contributed by atoms with van der Waals surface area (Å²) in [6.45, 7) is 1.56. The molecule has 24 heavy (non-hydrogen) atoms. The van der Waals surface area contributed by atoms with Gasteiger partial charge in [0.1, 0.15) is 0 Å². The highest BCUT2D eigenvalue weighted by Crippen LogP contribution is 2.25. The van der Waals surface area contributed by atoms with Crippen LogP contribution in [0.4, 0.5) is 5.95 Å². The first-order valence-corrected chi connectivity index (χ1v) is 8.47. The van der Waals surface area contributed by atoms with Crippen LogP contribution < -0.4 is 15.0 Å². The average molecular weight is 395 g/mol. The first-order chi connectivity index (χ1) is 11.6. The molecule has 0 aliphatic carbocycles. The van der Waals surface area contributed by atoms with Gasteiger partial charge in [-0.2, -0.15) is 10.1 Å². The van der Waals surface area contributed by atoms with Crippen LogP contribution in [0.5, 0.6) is 5.88 Å². The van der Waals surface area contributed by atoms with E-state index >= 15 is 0 Å². The second kappa shape index (κ2) is 7.16. The number of nitrogens with one attached hydrogen (secondary N) is 1. The summed E-state index contributed by atoms with van der Waals surface area (Å²) >= 11 is 3.35. The standard InChI is InChI=1S/C15H19BrN6O2/c1-21-9-10(7-18-21)13(23)19-11-3-5-22(6-4-11)15-17-8-12(16)14(20-15)24-2/h7-9,11H,3-6H2,1-2H3,(H,19,23). The molecule has 1 aliphatic rings. The molecule has 0 spiro atoms. The van der Waals surface area contributed by atoms with Crippen molar-refractivity contribution < 1.29 is 9.53 Å². The van der Waals surface area contributed by atoms with Crippen molar-refractivity contribution in [2.45, 2.75) is 18.9 Å². The molecule has 1 N–H and O–H groups in total. The minimum atomic E-state index is -0.0805. The van der Waals surface area contributed by atoms with E-state index in [1.807, 2.05) is 0 Å². The Morgan fingerprint density at radius 3 is 2.75 bits per heavy atom. The minimum Gasteiger partial charge on any atom is -0.480 e. The maximum atomic E-state index is 12.2. The van der Waals surface area contributed by atoms with Crippen LogP contribution >= 0.6 is 15.9 Å². The number of aryl methyl sites for hydroxylation is 1. The number of halogens is 1. The van der Waals surface area contributed by atoms with E-state index in [1.165, 1.54) is 0 Å². The van der Waals surface area contributed by atoms with Crippen LogP contribution in [0.2, 0.25) is 0 Å². The Morgan fingerprint density at radius 2 is 2.12 bits per heavy atom. The first kappa shape index (κ1) is 16.7. The van der Waals surface area contributed by atoms with Crippen molar-refractivity contribution in [1.82, 2.24) is 25.1 Å². The topological polar surface area (TPSA) is 85.2 Å². The Balaban J connectivity index is 1.57. The van der Waals surface area contributed by atoms with E-state index in [0.717, 1.165) is 30.4 Å². The predicted molar refractivity (Wildman–Crippen MR) is 92.2 cm³/mol. The summed E-state index contributed by atoms with van der Waals surface area (Å²) in [4.78, 5) is 23.0. The highest BCUT2D eigenvalue weighted by molar-refractivity contribution is 9.10. The second-order valence-corrected chi connectivity index (χ2v) is 6.52. The van der Waals surface area contributed by atoms with Gasteiger partial charge in [-0.15, -0.1) is 0 Å². The van der Waals surface area contributed by atoms with Crippen LogP contribution in [0, 0.1) is 0 Å². The maximum Gasteiger partial charge on any atom is 0.254 e. The summed E-state index contributed by atoms with van der Waals surface area (Å²) < 4.78 is 7.56. The van der Waals surface area contributed by atoms with Crippen molar-refractivity contribution in [1.29, 1.82) is 0 Å². The number of amides is 1. The van der Waals surface area contributed by atoms with Crippen LogP contribution in [0.1, 0.15) is 23.2 Å². The van der Waals surface area contributed by atoms with Gasteiger partial charge in [-0.05, 0) is 28.8 Å². The Hall–Kier alpha value is -2.16. The zero-order chi connectivity index (χ0) is 17.1. The van der Waals surface area contributed by atoms with Gasteiger partial charge in [0, 0.05) is 32.4 Å². The zero-order valence-corrected chi connectivity index (χ0v) is 15.2. The molecule has 2 aromatic rings. The molecule has 0 aromatic carbocycles. The Morgan fingerprint density at radius 1 is 1.38 bits per heavy atom. The SMILES string of the molecule is COc1nc(N2CCC(NC(=O)c3cnn(C)c3)CC2)ncc1Br. The highest BCUT2D eigenvalue weighted by Gasteiger charge is 2.23. The molecule has 8 nitrogen and oxygen atoms in total. The fourth-order valence-electron chi connectivity index (χ4n) is 2.67. The largest absolute Gasteiger partial charge is 0.480 e. The molecule has 3 rings (SSSR count). The summed E-state index contributed by atoms with van der Waals surface area (Å²) in [7, 11) is 3.37. The van der Waals surface area contributed by atoms with E-state index in [0.29, 0.717) is 17.4 Å². The number of nitrogens with zero attached hydrogens (tertiary/aromatic N) is 5. The highest BCUT2D eigenvalue weighted by atomic mass is 79.9. The molecular weight excluding hydrogens is 376 g/mol. The van der Waals surface area contributed by atoms with E-state index in [9.17, 15) is 4.79 Å². The summed E-state index contributed by atoms with van der Waals surface area (Å²) in [5, 5.41) is 7.08. The Bertz CT molecular complexity index is 727. The van der Waals surface area contributed by atoms with E-state index in [2.05, 4.69) is 41.2 Å². The van der Waals surface area contributed by atoms with Crippen molar-refractivity contribution >= 4 is 27.8 Å². The molecule has 2 aromatic heterocycles. The molecule has 1 saturated heterocycles. The molecule has 0 saturated carbocycles. The lowest BCUT2D eigenvalue weighted by Crippen LogP contribution is -2.45. The van der Waals surface area contributed by atoms with E-state index < -0.39 is 0 Å². The number of anilines is 1. The van der Waals surface area contributed by atoms with Crippen LogP contribution in [-0.4, -0.2) is 51.9 Å². The number of rotatable bonds is 4. The van der Waals surface area contributed by atoms with Crippen molar-refractivity contribution in [3.8, 4) is 5.88 Å². The maximum absolute atomic E-state index is 12.2. The van der Waals surface area contributed by atoms with Gasteiger partial charge in [0.2, 0.25) is 11.8 Å². The van der Waals surface area contributed by atoms with Gasteiger partial charge < -0.3 is 15.0 Å². The van der Waals surface area contributed by atoms with Gasteiger partial charge in [-0.25, -0.2) is 4.98 Å². The number of aromatic nitrogens is 4. The molecule has 0 bridgehead atoms. The van der Waals surface area contributed by atoms with E-state index in [-0.39, 0.29) is 11.9 Å². The fraction of sp³-hybridized carbons (Fsp3) is 0.467. The number of hydrogen-bond donors (Lipinski definition) is 1.